The summed E-state index contributed by atoms with van der Waals surface area (Å²) in [6, 6.07) is 32.4. The van der Waals surface area contributed by atoms with E-state index < -0.39 is 54.8 Å². The molecule has 1 aliphatic rings. The molecule has 0 radical (unpaired) electrons. The monoisotopic (exact) mass is 718 g/mol. The van der Waals surface area contributed by atoms with Crippen molar-refractivity contribution in [2.24, 2.45) is 0 Å². The van der Waals surface area contributed by atoms with Crippen molar-refractivity contribution >= 4 is 7.60 Å². The second kappa shape index (κ2) is 15.7. The number of aliphatic hydroxyl groups is 4. The zero-order valence-corrected chi connectivity index (χ0v) is 31.1. The fraction of sp³-hybridized carbons (Fsp3) is 0.415. The Morgan fingerprint density at radius 2 is 1.14 bits per heavy atom. The lowest BCUT2D eigenvalue weighted by atomic mass is 9.59. The van der Waals surface area contributed by atoms with Crippen molar-refractivity contribution in [2.45, 2.75) is 108 Å². The molecule has 2 unspecified atom stereocenters. The Kier molecular flexibility index (Phi) is 12.0. The summed E-state index contributed by atoms with van der Waals surface area (Å²) in [5.74, 6) is -1.79. The molecule has 1 fully saturated rings. The Hall–Kier alpha value is -3.37. The van der Waals surface area contributed by atoms with Crippen LogP contribution in [0.15, 0.2) is 109 Å². The summed E-state index contributed by atoms with van der Waals surface area (Å²) < 4.78 is 39.5. The molecule has 4 aromatic rings. The van der Waals surface area contributed by atoms with Crippen molar-refractivity contribution < 1.29 is 43.5 Å². The van der Waals surface area contributed by atoms with Crippen LogP contribution in [0.25, 0.3) is 0 Å². The van der Waals surface area contributed by atoms with E-state index >= 15 is 0 Å². The maximum Gasteiger partial charge on any atom is 0.362 e. The summed E-state index contributed by atoms with van der Waals surface area (Å²) in [7, 11) is -4.53. The van der Waals surface area contributed by atoms with E-state index in [0.29, 0.717) is 22.4 Å². The fourth-order valence-corrected chi connectivity index (χ4v) is 9.17. The molecule has 0 saturated carbocycles. The molecule has 0 spiro atoms. The molecule has 4 aromatic carbocycles. The van der Waals surface area contributed by atoms with Crippen LogP contribution >= 0.6 is 7.60 Å². The minimum Gasteiger partial charge on any atom is -0.461 e. The third kappa shape index (κ3) is 8.17. The highest BCUT2D eigenvalue weighted by Crippen LogP contribution is 2.60. The minimum absolute atomic E-state index is 0.227. The molecule has 0 aromatic heterocycles. The minimum atomic E-state index is -4.53. The molecule has 5 rings (SSSR count). The molecule has 6 atom stereocenters. The molecule has 1 saturated heterocycles. The van der Waals surface area contributed by atoms with Crippen LogP contribution in [0.5, 0.6) is 5.75 Å². The summed E-state index contributed by atoms with van der Waals surface area (Å²) in [5, 5.41) is 52.5. The first-order valence-electron chi connectivity index (χ1n) is 17.4. The molecule has 0 amide bonds. The topological polar surface area (TPSA) is 135 Å². The van der Waals surface area contributed by atoms with E-state index in [1.165, 1.54) is 0 Å². The highest BCUT2D eigenvalue weighted by molar-refractivity contribution is 7.54. The van der Waals surface area contributed by atoms with Gasteiger partial charge in [0.2, 0.25) is 6.29 Å². The number of benzene rings is 4. The van der Waals surface area contributed by atoms with Crippen LogP contribution in [-0.2, 0) is 37.6 Å². The number of aryl methyl sites for hydroxylation is 2. The Morgan fingerprint density at radius 3 is 1.59 bits per heavy atom. The molecule has 274 valence electrons. The van der Waals surface area contributed by atoms with Crippen molar-refractivity contribution in [1.82, 2.24) is 0 Å². The van der Waals surface area contributed by atoms with E-state index in [4.69, 9.17) is 18.5 Å². The number of hydrogen-bond donors (Lipinski definition) is 4. The zero-order chi connectivity index (χ0) is 37.0. The number of ether oxygens (including phenoxy) is 2. The van der Waals surface area contributed by atoms with Crippen LogP contribution in [0, 0.1) is 13.8 Å². The Labute approximate surface area is 301 Å². The molecule has 51 heavy (non-hydrogen) atoms. The predicted octanol–water partition coefficient (Wildman–Crippen LogP) is 6.69. The van der Waals surface area contributed by atoms with Crippen molar-refractivity contribution in [3.8, 4) is 5.75 Å². The third-order valence-electron chi connectivity index (χ3n) is 9.37. The normalized spacial score (nSPS) is 26.0. The number of rotatable bonds is 14. The van der Waals surface area contributed by atoms with Gasteiger partial charge in [0.1, 0.15) is 23.1 Å². The van der Waals surface area contributed by atoms with Gasteiger partial charge in [0, 0.05) is 19.3 Å². The number of aliphatic hydroxyl groups excluding tert-OH is 1. The quantitative estimate of drug-likeness (QED) is 0.105. The van der Waals surface area contributed by atoms with Crippen molar-refractivity contribution in [1.29, 1.82) is 0 Å². The van der Waals surface area contributed by atoms with Crippen LogP contribution < -0.4 is 4.74 Å². The van der Waals surface area contributed by atoms with Gasteiger partial charge in [0.25, 0.3) is 0 Å². The molecule has 10 heteroatoms. The maximum absolute atomic E-state index is 14.7. The van der Waals surface area contributed by atoms with Crippen molar-refractivity contribution in [3.63, 3.8) is 0 Å². The maximum atomic E-state index is 14.7. The second-order valence-electron chi connectivity index (χ2n) is 14.2. The van der Waals surface area contributed by atoms with Crippen LogP contribution in [0.3, 0.4) is 0 Å². The first-order valence-corrected chi connectivity index (χ1v) is 19.0. The SMILES string of the molecule is Cc1ccc(OC2O[C@H](C(O)P(=O)(OC(C)C)OC(C)C)[C@](O)(Cc3ccccc3)[C@@](O)(Cc3ccccc3)[C@@]2(O)Cc2ccccc2)c(C)c1. The standard InChI is InChI=1S/C41H51O9P/c1-28(2)49-51(46,50-29(3)4)37(42)36-39(43,25-32-16-10-7-11-17-32)41(45,27-34-20-14-9-15-21-34)40(44,26-33-18-12-8-13-19-33)38(48-36)47-35-23-22-30(5)24-31(35)6/h7-24,28-29,36-38,42-45H,25-27H2,1-6H3/t36-,37?,38?,39-,40-,41+/m1/s1. The Morgan fingerprint density at radius 1 is 0.686 bits per heavy atom. The van der Waals surface area contributed by atoms with Crippen LogP contribution in [-0.4, -0.2) is 67.7 Å². The molecule has 4 N–H and O–H groups in total. The highest BCUT2D eigenvalue weighted by Gasteiger charge is 2.74. The van der Waals surface area contributed by atoms with Gasteiger partial charge in [-0.3, -0.25) is 4.57 Å². The smallest absolute Gasteiger partial charge is 0.362 e. The summed E-state index contributed by atoms with van der Waals surface area (Å²) in [6.45, 7) is 10.4. The van der Waals surface area contributed by atoms with Gasteiger partial charge in [0.15, 0.2) is 11.4 Å². The predicted molar refractivity (Wildman–Crippen MR) is 197 cm³/mol. The van der Waals surface area contributed by atoms with Gasteiger partial charge in [-0.05, 0) is 69.9 Å². The van der Waals surface area contributed by atoms with Gasteiger partial charge in [-0.1, -0.05) is 109 Å². The summed E-state index contributed by atoms with van der Waals surface area (Å²) in [4.78, 5) is 0. The van der Waals surface area contributed by atoms with E-state index in [0.717, 1.165) is 11.1 Å². The van der Waals surface area contributed by atoms with E-state index in [-0.39, 0.29) is 19.3 Å². The average Bonchev–Trinajstić information content (AvgIpc) is 3.07. The van der Waals surface area contributed by atoms with Gasteiger partial charge in [-0.25, -0.2) is 0 Å². The second-order valence-corrected chi connectivity index (χ2v) is 16.3. The molecule has 0 bridgehead atoms. The van der Waals surface area contributed by atoms with Crippen molar-refractivity contribution in [2.75, 3.05) is 0 Å². The van der Waals surface area contributed by atoms with Gasteiger partial charge < -0.3 is 38.9 Å². The van der Waals surface area contributed by atoms with E-state index in [9.17, 15) is 25.0 Å². The molecule has 1 heterocycles. The van der Waals surface area contributed by atoms with Crippen LogP contribution in [0.4, 0.5) is 0 Å². The van der Waals surface area contributed by atoms with Gasteiger partial charge in [0.05, 0.1) is 12.2 Å². The molecule has 9 nitrogen and oxygen atoms in total. The lowest BCUT2D eigenvalue weighted by Crippen LogP contribution is -2.83. The Balaban J connectivity index is 1.81. The fourth-order valence-electron chi connectivity index (χ4n) is 7.04. The van der Waals surface area contributed by atoms with Gasteiger partial charge in [-0.2, -0.15) is 0 Å². The first-order chi connectivity index (χ1) is 24.1. The molecule has 1 aliphatic heterocycles. The summed E-state index contributed by atoms with van der Waals surface area (Å²) in [6.07, 6.45) is -5.76. The lowest BCUT2D eigenvalue weighted by molar-refractivity contribution is -0.392. The lowest BCUT2D eigenvalue weighted by Gasteiger charge is -2.61. The number of hydrogen-bond acceptors (Lipinski definition) is 9. The molecular weight excluding hydrogens is 667 g/mol. The largest absolute Gasteiger partial charge is 0.461 e. The average molecular weight is 719 g/mol. The van der Waals surface area contributed by atoms with Crippen LogP contribution in [0.2, 0.25) is 0 Å². The van der Waals surface area contributed by atoms with Crippen molar-refractivity contribution in [3.05, 3.63) is 137 Å². The zero-order valence-electron chi connectivity index (χ0n) is 30.2. The van der Waals surface area contributed by atoms with Gasteiger partial charge >= 0.3 is 7.60 Å². The highest BCUT2D eigenvalue weighted by atomic mass is 31.2. The van der Waals surface area contributed by atoms with Gasteiger partial charge in [-0.15, -0.1) is 0 Å². The molecular formula is C41H51O9P. The van der Waals surface area contributed by atoms with E-state index in [1.807, 2.05) is 56.3 Å². The summed E-state index contributed by atoms with van der Waals surface area (Å²) >= 11 is 0. The van der Waals surface area contributed by atoms with E-state index in [2.05, 4.69) is 0 Å². The van der Waals surface area contributed by atoms with E-state index in [1.54, 1.807) is 94.4 Å². The van der Waals surface area contributed by atoms with Crippen LogP contribution in [0.1, 0.15) is 55.5 Å². The third-order valence-corrected chi connectivity index (χ3v) is 11.7. The first kappa shape index (κ1) is 38.9. The Bertz CT molecular complexity index is 1760. The summed E-state index contributed by atoms with van der Waals surface area (Å²) in [5.41, 5.74) is -3.98. The molecule has 0 aliphatic carbocycles.